The van der Waals surface area contributed by atoms with E-state index in [4.69, 9.17) is 13.8 Å². The van der Waals surface area contributed by atoms with Crippen LogP contribution in [0, 0.1) is 0 Å². The molecule has 16 rings (SSSR count). The molecule has 0 spiro atoms. The van der Waals surface area contributed by atoms with E-state index in [1.807, 2.05) is 0 Å². The number of fused-ring (bicyclic) bond motifs is 16. The number of imidazole rings is 1. The van der Waals surface area contributed by atoms with Gasteiger partial charge >= 0.3 is 6.85 Å². The van der Waals surface area contributed by atoms with Gasteiger partial charge in [-0.25, -0.2) is 4.98 Å². The monoisotopic (exact) mass is 956 g/mol. The summed E-state index contributed by atoms with van der Waals surface area (Å²) in [6.07, 6.45) is 2.30. The largest absolute Gasteiger partial charge is 0.456 e. The summed E-state index contributed by atoms with van der Waals surface area (Å²) in [4.78, 5) is 8.25. The summed E-state index contributed by atoms with van der Waals surface area (Å²) in [7, 11) is 0. The van der Waals surface area contributed by atoms with Crippen molar-refractivity contribution < 1.29 is 8.83 Å². The van der Waals surface area contributed by atoms with E-state index in [1.165, 1.54) is 54.9 Å². The molecule has 0 bridgehead atoms. The summed E-state index contributed by atoms with van der Waals surface area (Å²) in [6.45, 7) is 16.3. The predicted octanol–water partition coefficient (Wildman–Crippen LogP) is 16.5. The van der Waals surface area contributed by atoms with Gasteiger partial charge in [0.1, 0.15) is 28.2 Å². The number of hydrogen-bond donors (Lipinski definition) is 0. The quantitative estimate of drug-likeness (QED) is 0.166. The first-order valence-electron chi connectivity index (χ1n) is 26.3. The van der Waals surface area contributed by atoms with Crippen molar-refractivity contribution in [1.82, 2.24) is 14.1 Å². The molecule has 0 amide bonds. The van der Waals surface area contributed by atoms with Crippen molar-refractivity contribution in [2.45, 2.75) is 77.6 Å². The maximum Gasteiger partial charge on any atom is 0.333 e. The fraction of sp³-hybridized carbons (Fsp3) is 0.179. The van der Waals surface area contributed by atoms with Gasteiger partial charge in [-0.3, -0.25) is 4.57 Å². The molecule has 0 fully saturated rings. The van der Waals surface area contributed by atoms with Crippen molar-refractivity contribution in [3.8, 4) is 33.9 Å². The van der Waals surface area contributed by atoms with E-state index in [0.29, 0.717) is 0 Å². The summed E-state index contributed by atoms with van der Waals surface area (Å²) in [6, 6.07) is 63.0. The maximum atomic E-state index is 7.07. The Labute approximate surface area is 429 Å². The van der Waals surface area contributed by atoms with Crippen LogP contribution in [0.3, 0.4) is 0 Å². The number of anilines is 2. The van der Waals surface area contributed by atoms with Crippen LogP contribution in [0.4, 0.5) is 11.4 Å². The van der Waals surface area contributed by atoms with E-state index in [-0.39, 0.29) is 23.1 Å². The summed E-state index contributed by atoms with van der Waals surface area (Å²) in [5.41, 5.74) is 22.6. The molecule has 9 aromatic carbocycles. The van der Waals surface area contributed by atoms with E-state index >= 15 is 0 Å². The van der Waals surface area contributed by atoms with Crippen LogP contribution in [0.15, 0.2) is 179 Å². The first-order chi connectivity index (χ1) is 35.8. The maximum absolute atomic E-state index is 7.07. The topological polar surface area (TPSA) is 52.3 Å². The molecule has 7 heteroatoms. The van der Waals surface area contributed by atoms with Crippen molar-refractivity contribution in [3.63, 3.8) is 0 Å². The lowest BCUT2D eigenvalue weighted by Gasteiger charge is -2.42. The molecular weight excluding hydrogens is 904 g/mol. The van der Waals surface area contributed by atoms with Gasteiger partial charge < -0.3 is 18.2 Å². The van der Waals surface area contributed by atoms with Crippen LogP contribution in [0.2, 0.25) is 0 Å². The molecule has 74 heavy (non-hydrogen) atoms. The van der Waals surface area contributed by atoms with Gasteiger partial charge in [-0.1, -0.05) is 139 Å². The number of para-hydroxylation sites is 2. The number of nitrogens with zero attached hydrogens (tertiary/aromatic N) is 4. The van der Waals surface area contributed by atoms with Gasteiger partial charge in [0.15, 0.2) is 0 Å². The van der Waals surface area contributed by atoms with Crippen LogP contribution in [0.1, 0.15) is 78.0 Å². The van der Waals surface area contributed by atoms with E-state index in [9.17, 15) is 0 Å². The van der Waals surface area contributed by atoms with Crippen molar-refractivity contribution in [1.29, 1.82) is 0 Å². The molecule has 1 aliphatic carbocycles. The number of aromatic nitrogens is 3. The molecule has 0 atom stereocenters. The average molecular weight is 957 g/mol. The van der Waals surface area contributed by atoms with E-state index in [2.05, 4.69) is 232 Å². The summed E-state index contributed by atoms with van der Waals surface area (Å²) >= 11 is 0. The van der Waals surface area contributed by atoms with Crippen LogP contribution in [0.25, 0.3) is 111 Å². The Morgan fingerprint density at radius 2 is 1.16 bits per heavy atom. The highest BCUT2D eigenvalue weighted by molar-refractivity contribution is 6.94. The minimum absolute atomic E-state index is 0.0109. The van der Waals surface area contributed by atoms with Crippen molar-refractivity contribution in [2.24, 2.45) is 0 Å². The molecule has 2 aliphatic heterocycles. The molecule has 356 valence electrons. The minimum atomic E-state index is -0.216. The van der Waals surface area contributed by atoms with E-state index < -0.39 is 0 Å². The molecule has 0 saturated heterocycles. The molecule has 0 N–H and O–H groups in total. The van der Waals surface area contributed by atoms with E-state index in [0.717, 1.165) is 108 Å². The van der Waals surface area contributed by atoms with Gasteiger partial charge in [0.2, 0.25) is 0 Å². The first-order valence-corrected chi connectivity index (χ1v) is 26.3. The van der Waals surface area contributed by atoms with Crippen molar-refractivity contribution in [3.05, 3.63) is 187 Å². The predicted molar refractivity (Wildman–Crippen MR) is 308 cm³/mol. The molecule has 4 aromatic heterocycles. The van der Waals surface area contributed by atoms with Crippen LogP contribution >= 0.6 is 0 Å². The number of furan rings is 2. The Bertz CT molecular complexity index is 4580. The second kappa shape index (κ2) is 14.3. The average Bonchev–Trinajstić information content (AvgIpc) is 4.18. The van der Waals surface area contributed by atoms with E-state index in [1.54, 1.807) is 0 Å². The molecule has 13 aromatic rings. The Kier molecular flexibility index (Phi) is 8.14. The second-order valence-electron chi connectivity index (χ2n) is 23.8. The molecule has 0 unspecified atom stereocenters. The van der Waals surface area contributed by atoms with Gasteiger partial charge in [0.25, 0.3) is 0 Å². The molecule has 0 radical (unpaired) electrons. The minimum Gasteiger partial charge on any atom is -0.456 e. The molecular formula is C67H53BN4O2. The smallest absolute Gasteiger partial charge is 0.333 e. The van der Waals surface area contributed by atoms with Gasteiger partial charge in [-0.2, -0.15) is 0 Å². The van der Waals surface area contributed by atoms with Crippen LogP contribution in [-0.4, -0.2) is 21.0 Å². The second-order valence-corrected chi connectivity index (χ2v) is 23.8. The third-order valence-corrected chi connectivity index (χ3v) is 17.5. The third-order valence-electron chi connectivity index (χ3n) is 17.5. The fourth-order valence-electron chi connectivity index (χ4n) is 13.5. The van der Waals surface area contributed by atoms with Crippen molar-refractivity contribution in [2.75, 3.05) is 4.81 Å². The highest BCUT2D eigenvalue weighted by atomic mass is 16.3. The molecule has 6 heterocycles. The highest BCUT2D eigenvalue weighted by Gasteiger charge is 2.45. The zero-order valence-electron chi connectivity index (χ0n) is 42.8. The highest BCUT2D eigenvalue weighted by Crippen LogP contribution is 2.52. The lowest BCUT2D eigenvalue weighted by Crippen LogP contribution is -2.60. The zero-order valence-corrected chi connectivity index (χ0v) is 42.8. The lowest BCUT2D eigenvalue weighted by molar-refractivity contribution is 0.332. The summed E-state index contributed by atoms with van der Waals surface area (Å²) in [5.74, 6) is 0.908. The molecule has 0 saturated carbocycles. The fourth-order valence-corrected chi connectivity index (χ4v) is 13.5. The Balaban J connectivity index is 1.06. The number of rotatable bonds is 3. The van der Waals surface area contributed by atoms with Crippen LogP contribution < -0.4 is 15.7 Å². The number of hydrogen-bond acceptors (Lipinski definition) is 4. The zero-order chi connectivity index (χ0) is 49.7. The SMILES string of the molecule is CC(C)(C)c1ccc(N2B3c4cc5nc(-c6ccccc6)n(-c6ccccc6)c5cc4-n4c5cc6oc7ccccc7c6cc5c5ccc(c3c54)-c3cc4oc5cc6c(cc5c4cc32)C(C)(C)CCC6(C)C)cc1. The standard InChI is InChI=1S/C67H53BN4O2/c1-65(2,3)39-22-24-41(25-23-39)72-55-32-49-48-31-50-51(67(6,7)29-28-66(50,4)5)34-60(48)74-59(49)33-46(55)43-26-27-44-45-30-47-42-20-14-15-21-58(42)73-61(47)37-54(45)71-56-36-57-53(35-52(56)68(72)62(43)63(44)71)69-64(38-16-10-8-11-17-38)70(57)40-18-12-9-13-19-40/h8-27,30-37H,28-29H2,1-7H3. The summed E-state index contributed by atoms with van der Waals surface area (Å²) in [5, 5.41) is 6.99. The Morgan fingerprint density at radius 3 is 1.93 bits per heavy atom. The Hall–Kier alpha value is -8.29. The van der Waals surface area contributed by atoms with Gasteiger partial charge in [0.05, 0.1) is 22.1 Å². The van der Waals surface area contributed by atoms with Crippen LogP contribution in [-0.2, 0) is 16.2 Å². The van der Waals surface area contributed by atoms with Gasteiger partial charge in [0, 0.05) is 72.3 Å². The van der Waals surface area contributed by atoms with Gasteiger partial charge in [-0.15, -0.1) is 0 Å². The number of benzene rings is 9. The Morgan fingerprint density at radius 1 is 0.500 bits per heavy atom. The normalized spacial score (nSPS) is 15.6. The van der Waals surface area contributed by atoms with Gasteiger partial charge in [-0.05, 0) is 135 Å². The molecule has 3 aliphatic rings. The lowest BCUT2D eigenvalue weighted by atomic mass is 9.44. The van der Waals surface area contributed by atoms with Crippen molar-refractivity contribution >= 4 is 106 Å². The summed E-state index contributed by atoms with van der Waals surface area (Å²) < 4.78 is 18.7. The first kappa shape index (κ1) is 42.2. The molecule has 6 nitrogen and oxygen atoms in total. The third kappa shape index (κ3) is 5.64. The van der Waals surface area contributed by atoms with Crippen LogP contribution in [0.5, 0.6) is 0 Å².